The van der Waals surface area contributed by atoms with Gasteiger partial charge in [-0.25, -0.2) is 0 Å². The Labute approximate surface area is 150 Å². The second kappa shape index (κ2) is 9.02. The fraction of sp³-hybridized carbons (Fsp3) is 0.562. The van der Waals surface area contributed by atoms with Crippen LogP contribution in [0.5, 0.6) is 0 Å². The molecule has 1 aromatic rings. The average molecular weight is 369 g/mol. The van der Waals surface area contributed by atoms with Crippen LogP contribution in [0.4, 0.5) is 4.79 Å². The lowest BCUT2D eigenvalue weighted by Crippen LogP contribution is -2.59. The molecule has 0 bridgehead atoms. The van der Waals surface area contributed by atoms with Crippen molar-refractivity contribution in [1.82, 2.24) is 16.0 Å². The Hall–Kier alpha value is -1.84. The Kier molecular flexibility index (Phi) is 7.03. The maximum atomic E-state index is 12.1. The van der Waals surface area contributed by atoms with Gasteiger partial charge in [-0.05, 0) is 24.5 Å². The smallest absolute Gasteiger partial charge is 0.289 e. The Bertz CT molecular complexity index is 605. The molecule has 9 heteroatoms. The van der Waals surface area contributed by atoms with Crippen molar-refractivity contribution in [3.8, 4) is 0 Å². The first-order valence-corrected chi connectivity index (χ1v) is 9.09. The van der Waals surface area contributed by atoms with E-state index in [1.807, 2.05) is 13.8 Å². The summed E-state index contributed by atoms with van der Waals surface area (Å²) >= 11 is 1.03. The largest absolute Gasteiger partial charge is 0.468 e. The summed E-state index contributed by atoms with van der Waals surface area (Å²) in [6, 6.07) is 2.17. The summed E-state index contributed by atoms with van der Waals surface area (Å²) in [5.41, 5.74) is 0. The topological polar surface area (TPSA) is 121 Å². The van der Waals surface area contributed by atoms with Gasteiger partial charge < -0.3 is 20.2 Å². The van der Waals surface area contributed by atoms with Crippen LogP contribution in [0.2, 0.25) is 0 Å². The fourth-order valence-electron chi connectivity index (χ4n) is 2.49. The number of piperidine rings is 1. The number of aliphatic hydroxyl groups is 1. The molecule has 8 nitrogen and oxygen atoms in total. The molecule has 2 amide bonds. The van der Waals surface area contributed by atoms with Crippen molar-refractivity contribution in [1.29, 1.82) is 0 Å². The van der Waals surface area contributed by atoms with Crippen LogP contribution in [0.3, 0.4) is 0 Å². The molecule has 1 aliphatic heterocycles. The SMILES string of the molecule is CC(C)C(NC(=O)SCc1ccco1)C(O)NC1CCNC(=O)C1=O. The predicted octanol–water partition coefficient (Wildman–Crippen LogP) is 0.613. The number of carbonyl (C=O) groups is 3. The van der Waals surface area contributed by atoms with E-state index in [1.165, 1.54) is 6.26 Å². The third-order valence-corrected chi connectivity index (χ3v) is 4.71. The van der Waals surface area contributed by atoms with Crippen LogP contribution < -0.4 is 16.0 Å². The number of hydrogen-bond acceptors (Lipinski definition) is 7. The molecule has 3 unspecified atom stereocenters. The highest BCUT2D eigenvalue weighted by Gasteiger charge is 2.33. The normalized spacial score (nSPS) is 20.2. The van der Waals surface area contributed by atoms with Gasteiger partial charge in [-0.1, -0.05) is 25.6 Å². The lowest BCUT2D eigenvalue weighted by Gasteiger charge is -2.31. The molecule has 0 spiro atoms. The van der Waals surface area contributed by atoms with E-state index in [4.69, 9.17) is 4.42 Å². The third kappa shape index (κ3) is 5.58. The molecule has 1 aliphatic rings. The molecular weight excluding hydrogens is 346 g/mol. The Balaban J connectivity index is 1.88. The van der Waals surface area contributed by atoms with Crippen molar-refractivity contribution in [2.75, 3.05) is 6.54 Å². The van der Waals surface area contributed by atoms with E-state index in [0.717, 1.165) is 11.8 Å². The van der Waals surface area contributed by atoms with Gasteiger partial charge in [0.05, 0.1) is 24.1 Å². The number of nitrogens with one attached hydrogen (secondary N) is 3. The number of furan rings is 1. The van der Waals surface area contributed by atoms with E-state index >= 15 is 0 Å². The van der Waals surface area contributed by atoms with Gasteiger partial charge >= 0.3 is 0 Å². The summed E-state index contributed by atoms with van der Waals surface area (Å²) in [4.78, 5) is 35.3. The Morgan fingerprint density at radius 1 is 1.48 bits per heavy atom. The minimum absolute atomic E-state index is 0.0804. The van der Waals surface area contributed by atoms with Gasteiger partial charge in [0.15, 0.2) is 0 Å². The first-order valence-electron chi connectivity index (χ1n) is 8.10. The Morgan fingerprint density at radius 2 is 2.24 bits per heavy atom. The highest BCUT2D eigenvalue weighted by atomic mass is 32.2. The molecule has 25 heavy (non-hydrogen) atoms. The first kappa shape index (κ1) is 19.5. The van der Waals surface area contributed by atoms with Crippen LogP contribution in [0.1, 0.15) is 26.0 Å². The number of Topliss-reactive ketones (excluding diaryl/α,β-unsaturated/α-hetero) is 1. The third-order valence-electron chi connectivity index (χ3n) is 3.90. The summed E-state index contributed by atoms with van der Waals surface area (Å²) in [6.45, 7) is 4.07. The number of thioether (sulfide) groups is 1. The Morgan fingerprint density at radius 3 is 2.88 bits per heavy atom. The quantitative estimate of drug-likeness (QED) is 0.410. The molecule has 2 heterocycles. The van der Waals surface area contributed by atoms with Gasteiger partial charge in [0.25, 0.3) is 11.1 Å². The predicted molar refractivity (Wildman–Crippen MR) is 92.7 cm³/mol. The van der Waals surface area contributed by atoms with E-state index in [9.17, 15) is 19.5 Å². The first-order chi connectivity index (χ1) is 11.9. The van der Waals surface area contributed by atoms with Crippen LogP contribution in [0.15, 0.2) is 22.8 Å². The van der Waals surface area contributed by atoms with Crippen LogP contribution in [-0.4, -0.2) is 46.9 Å². The number of rotatable bonds is 7. The number of hydrogen-bond donors (Lipinski definition) is 4. The van der Waals surface area contributed by atoms with E-state index in [-0.39, 0.29) is 11.2 Å². The lowest BCUT2D eigenvalue weighted by atomic mass is 10.00. The van der Waals surface area contributed by atoms with Crippen LogP contribution in [0, 0.1) is 5.92 Å². The molecule has 2 rings (SSSR count). The zero-order valence-electron chi connectivity index (χ0n) is 14.2. The van der Waals surface area contributed by atoms with Gasteiger partial charge in [-0.2, -0.15) is 0 Å². The van der Waals surface area contributed by atoms with E-state index in [2.05, 4.69) is 16.0 Å². The molecular formula is C16H23N3O5S. The van der Waals surface area contributed by atoms with Gasteiger partial charge in [0, 0.05) is 6.54 Å². The molecule has 0 saturated carbocycles. The van der Waals surface area contributed by atoms with E-state index < -0.39 is 30.0 Å². The molecule has 0 aliphatic carbocycles. The average Bonchev–Trinajstić information content (AvgIpc) is 3.08. The van der Waals surface area contributed by atoms with Crippen molar-refractivity contribution in [3.63, 3.8) is 0 Å². The molecule has 4 N–H and O–H groups in total. The second-order valence-electron chi connectivity index (χ2n) is 6.14. The van der Waals surface area contributed by atoms with Crippen LogP contribution >= 0.6 is 11.8 Å². The molecule has 1 aromatic heterocycles. The summed E-state index contributed by atoms with van der Waals surface area (Å²) in [5.74, 6) is -0.280. The van der Waals surface area contributed by atoms with Crippen LogP contribution in [0.25, 0.3) is 0 Å². The molecule has 138 valence electrons. The maximum absolute atomic E-state index is 12.1. The van der Waals surface area contributed by atoms with Gasteiger partial charge in [0.2, 0.25) is 5.78 Å². The minimum atomic E-state index is -1.15. The molecule has 0 aromatic carbocycles. The van der Waals surface area contributed by atoms with Crippen molar-refractivity contribution < 1.29 is 23.9 Å². The highest BCUT2D eigenvalue weighted by Crippen LogP contribution is 2.15. The standard InChI is InChI=1S/C16H23N3O5S/c1-9(2)12(19-16(23)25-8-10-4-3-7-24-10)14(21)18-11-5-6-17-15(22)13(11)20/h3-4,7,9,11-12,14,18,21H,5-6,8H2,1-2H3,(H,17,22)(H,19,23). The highest BCUT2D eigenvalue weighted by molar-refractivity contribution is 8.12. The number of amides is 2. The van der Waals surface area contributed by atoms with E-state index in [0.29, 0.717) is 24.5 Å². The second-order valence-corrected chi connectivity index (χ2v) is 7.09. The zero-order chi connectivity index (χ0) is 18.4. The molecule has 0 radical (unpaired) electrons. The molecule has 1 saturated heterocycles. The van der Waals surface area contributed by atoms with Crippen molar-refractivity contribution in [3.05, 3.63) is 24.2 Å². The molecule has 3 atom stereocenters. The fourth-order valence-corrected chi connectivity index (χ4v) is 3.15. The molecule has 1 fully saturated rings. The maximum Gasteiger partial charge on any atom is 0.289 e. The summed E-state index contributed by atoms with van der Waals surface area (Å²) in [7, 11) is 0. The van der Waals surface area contributed by atoms with Crippen molar-refractivity contribution in [2.24, 2.45) is 5.92 Å². The number of ketones is 1. The monoisotopic (exact) mass is 369 g/mol. The zero-order valence-corrected chi connectivity index (χ0v) is 15.0. The van der Waals surface area contributed by atoms with Gasteiger partial charge in [-0.3, -0.25) is 19.7 Å². The van der Waals surface area contributed by atoms with E-state index in [1.54, 1.807) is 12.1 Å². The lowest BCUT2D eigenvalue weighted by molar-refractivity contribution is -0.141. The summed E-state index contributed by atoms with van der Waals surface area (Å²) in [5, 5.41) is 18.1. The number of aliphatic hydroxyl groups excluding tert-OH is 1. The van der Waals surface area contributed by atoms with Crippen molar-refractivity contribution in [2.45, 2.75) is 44.3 Å². The number of carbonyl (C=O) groups excluding carboxylic acids is 3. The van der Waals surface area contributed by atoms with Crippen molar-refractivity contribution >= 4 is 28.7 Å². The minimum Gasteiger partial charge on any atom is -0.468 e. The van der Waals surface area contributed by atoms with Gasteiger partial charge in [-0.15, -0.1) is 0 Å². The van der Waals surface area contributed by atoms with Gasteiger partial charge in [0.1, 0.15) is 12.0 Å². The summed E-state index contributed by atoms with van der Waals surface area (Å²) in [6.07, 6.45) is 0.789. The van der Waals surface area contributed by atoms with Crippen LogP contribution in [-0.2, 0) is 15.3 Å². The summed E-state index contributed by atoms with van der Waals surface area (Å²) < 4.78 is 5.17.